The summed E-state index contributed by atoms with van der Waals surface area (Å²) >= 11 is 1.62. The van der Waals surface area contributed by atoms with Crippen LogP contribution in [0.5, 0.6) is 11.5 Å². The minimum absolute atomic E-state index is 0.496. The highest BCUT2D eigenvalue weighted by Crippen LogP contribution is 2.34. The number of fused-ring (bicyclic) bond motifs is 1. The zero-order valence-electron chi connectivity index (χ0n) is 10.7. The molecule has 0 saturated carbocycles. The summed E-state index contributed by atoms with van der Waals surface area (Å²) in [7, 11) is 1.66. The summed E-state index contributed by atoms with van der Waals surface area (Å²) < 4.78 is 11.0. The molecule has 1 aliphatic heterocycles. The van der Waals surface area contributed by atoms with Crippen LogP contribution in [0.25, 0.3) is 0 Å². The Kier molecular flexibility index (Phi) is 4.93. The van der Waals surface area contributed by atoms with Crippen molar-refractivity contribution in [3.05, 3.63) is 18.2 Å². The molecule has 1 unspecified atom stereocenters. The van der Waals surface area contributed by atoms with E-state index in [0.29, 0.717) is 19.6 Å². The van der Waals surface area contributed by atoms with Gasteiger partial charge in [-0.2, -0.15) is 0 Å². The number of aliphatic carboxylic acids is 1. The molecule has 0 saturated heterocycles. The van der Waals surface area contributed by atoms with Crippen LogP contribution >= 0.6 is 11.8 Å². The summed E-state index contributed by atoms with van der Waals surface area (Å²) in [6, 6.07) is 5.30. The third-order valence-electron chi connectivity index (χ3n) is 2.84. The van der Waals surface area contributed by atoms with Crippen molar-refractivity contribution >= 4 is 17.7 Å². The first-order valence-corrected chi connectivity index (χ1v) is 7.12. The van der Waals surface area contributed by atoms with Crippen LogP contribution in [0.3, 0.4) is 0 Å². The van der Waals surface area contributed by atoms with Gasteiger partial charge >= 0.3 is 5.97 Å². The number of rotatable bonds is 6. The molecule has 0 radical (unpaired) electrons. The fraction of sp³-hybridized carbons (Fsp3) is 0.462. The van der Waals surface area contributed by atoms with Crippen molar-refractivity contribution < 1.29 is 19.4 Å². The van der Waals surface area contributed by atoms with Crippen LogP contribution in [-0.2, 0) is 4.79 Å². The molecule has 0 aliphatic carbocycles. The quantitative estimate of drug-likeness (QED) is 0.773. The summed E-state index contributed by atoms with van der Waals surface area (Å²) in [5, 5.41) is 11.7. The molecule has 1 aliphatic rings. The third-order valence-corrected chi connectivity index (χ3v) is 3.86. The molecule has 104 valence electrons. The van der Waals surface area contributed by atoms with E-state index in [2.05, 4.69) is 5.32 Å². The largest absolute Gasteiger partial charge is 0.486 e. The number of nitrogens with one attached hydrogen (secondary N) is 1. The van der Waals surface area contributed by atoms with Crippen molar-refractivity contribution in [3.8, 4) is 11.5 Å². The number of hydrogen-bond acceptors (Lipinski definition) is 5. The van der Waals surface area contributed by atoms with Crippen molar-refractivity contribution in [1.82, 2.24) is 5.32 Å². The van der Waals surface area contributed by atoms with E-state index in [1.165, 1.54) is 0 Å². The summed E-state index contributed by atoms with van der Waals surface area (Å²) in [6.45, 7) is 1.16. The van der Waals surface area contributed by atoms with Gasteiger partial charge in [0.2, 0.25) is 0 Å². The third kappa shape index (κ3) is 3.78. The first-order valence-electron chi connectivity index (χ1n) is 6.13. The van der Waals surface area contributed by atoms with E-state index < -0.39 is 12.0 Å². The molecule has 5 nitrogen and oxygen atoms in total. The van der Waals surface area contributed by atoms with Gasteiger partial charge in [-0.1, -0.05) is 0 Å². The lowest BCUT2D eigenvalue weighted by Crippen LogP contribution is -2.34. The highest BCUT2D eigenvalue weighted by molar-refractivity contribution is 7.99. The van der Waals surface area contributed by atoms with Crippen LogP contribution in [0, 0.1) is 0 Å². The average molecular weight is 283 g/mol. The smallest absolute Gasteiger partial charge is 0.320 e. The fourth-order valence-electron chi connectivity index (χ4n) is 1.80. The number of likely N-dealkylation sites (N-methyl/N-ethyl adjacent to an activating group) is 1. The molecular formula is C13H17NO4S. The second kappa shape index (κ2) is 6.68. The van der Waals surface area contributed by atoms with Crippen LogP contribution < -0.4 is 14.8 Å². The van der Waals surface area contributed by atoms with Gasteiger partial charge in [0.1, 0.15) is 19.3 Å². The molecular weight excluding hydrogens is 266 g/mol. The second-order valence-electron chi connectivity index (χ2n) is 4.12. The Morgan fingerprint density at radius 3 is 2.84 bits per heavy atom. The maximum atomic E-state index is 10.9. The van der Waals surface area contributed by atoms with E-state index in [4.69, 9.17) is 14.6 Å². The normalized spacial score (nSPS) is 15.0. The standard InChI is InChI=1S/C13H17NO4S/c1-14-10(13(15)16)4-7-19-9-2-3-11-12(8-9)18-6-5-17-11/h2-3,8,10,14H,4-7H2,1H3,(H,15,16). The zero-order valence-corrected chi connectivity index (χ0v) is 11.5. The minimum Gasteiger partial charge on any atom is -0.486 e. The fourth-order valence-corrected chi connectivity index (χ4v) is 2.74. The van der Waals surface area contributed by atoms with Crippen molar-refractivity contribution in [2.75, 3.05) is 26.0 Å². The van der Waals surface area contributed by atoms with E-state index in [1.807, 2.05) is 18.2 Å². The van der Waals surface area contributed by atoms with Crippen LogP contribution in [0.1, 0.15) is 6.42 Å². The predicted molar refractivity (Wildman–Crippen MR) is 73.3 cm³/mol. The van der Waals surface area contributed by atoms with Crippen LogP contribution in [0.4, 0.5) is 0 Å². The molecule has 0 spiro atoms. The maximum absolute atomic E-state index is 10.9. The average Bonchev–Trinajstić information content (AvgIpc) is 2.43. The molecule has 1 atom stereocenters. The Hall–Kier alpha value is -1.40. The van der Waals surface area contributed by atoms with Crippen LogP contribution in [-0.4, -0.2) is 43.1 Å². The van der Waals surface area contributed by atoms with Gasteiger partial charge in [0.05, 0.1) is 0 Å². The van der Waals surface area contributed by atoms with Gasteiger partial charge in [-0.15, -0.1) is 11.8 Å². The highest BCUT2D eigenvalue weighted by atomic mass is 32.2. The lowest BCUT2D eigenvalue weighted by molar-refractivity contribution is -0.139. The second-order valence-corrected chi connectivity index (χ2v) is 5.29. The van der Waals surface area contributed by atoms with Gasteiger partial charge in [0.25, 0.3) is 0 Å². The first-order chi connectivity index (χ1) is 9.20. The minimum atomic E-state index is -0.815. The number of thioether (sulfide) groups is 1. The molecule has 0 amide bonds. The topological polar surface area (TPSA) is 67.8 Å². The number of benzene rings is 1. The Labute approximate surface area is 116 Å². The number of carboxylic acid groups (broad SMARTS) is 1. The van der Waals surface area contributed by atoms with Gasteiger partial charge in [0.15, 0.2) is 11.5 Å². The van der Waals surface area contributed by atoms with Gasteiger partial charge in [0, 0.05) is 10.6 Å². The Morgan fingerprint density at radius 2 is 2.16 bits per heavy atom. The number of hydrogen-bond donors (Lipinski definition) is 2. The summed E-state index contributed by atoms with van der Waals surface area (Å²) in [5.74, 6) is 1.46. The highest BCUT2D eigenvalue weighted by Gasteiger charge is 2.15. The molecule has 0 fully saturated rings. The number of carbonyl (C=O) groups is 1. The molecule has 2 rings (SSSR count). The van der Waals surface area contributed by atoms with Gasteiger partial charge in [-0.3, -0.25) is 4.79 Å². The van der Waals surface area contributed by atoms with Crippen molar-refractivity contribution in [2.24, 2.45) is 0 Å². The zero-order chi connectivity index (χ0) is 13.7. The first kappa shape index (κ1) is 14.0. The van der Waals surface area contributed by atoms with Crippen LogP contribution in [0.15, 0.2) is 23.1 Å². The number of carboxylic acids is 1. The van der Waals surface area contributed by atoms with E-state index >= 15 is 0 Å². The van der Waals surface area contributed by atoms with Gasteiger partial charge in [-0.25, -0.2) is 0 Å². The molecule has 2 N–H and O–H groups in total. The van der Waals surface area contributed by atoms with E-state index in [-0.39, 0.29) is 0 Å². The van der Waals surface area contributed by atoms with E-state index in [9.17, 15) is 4.79 Å². The molecule has 6 heteroatoms. The number of ether oxygens (including phenoxy) is 2. The summed E-state index contributed by atoms with van der Waals surface area (Å²) in [5.41, 5.74) is 0. The molecule has 1 aromatic rings. The van der Waals surface area contributed by atoms with Crippen molar-refractivity contribution in [2.45, 2.75) is 17.4 Å². The summed E-state index contributed by atoms with van der Waals surface area (Å²) in [6.07, 6.45) is 0.574. The lowest BCUT2D eigenvalue weighted by atomic mass is 10.2. The molecule has 1 heterocycles. The van der Waals surface area contributed by atoms with Gasteiger partial charge < -0.3 is 19.9 Å². The predicted octanol–water partition coefficient (Wildman–Crippen LogP) is 1.61. The molecule has 19 heavy (non-hydrogen) atoms. The van der Waals surface area contributed by atoms with E-state index in [0.717, 1.165) is 22.1 Å². The molecule has 0 bridgehead atoms. The lowest BCUT2D eigenvalue weighted by Gasteiger charge is -2.18. The Morgan fingerprint density at radius 1 is 1.42 bits per heavy atom. The SMILES string of the molecule is CNC(CCSc1ccc2c(c1)OCCO2)C(=O)O. The Balaban J connectivity index is 1.88. The summed E-state index contributed by atoms with van der Waals surface area (Å²) in [4.78, 5) is 11.9. The van der Waals surface area contributed by atoms with Crippen molar-refractivity contribution in [1.29, 1.82) is 0 Å². The van der Waals surface area contributed by atoms with Crippen LogP contribution in [0.2, 0.25) is 0 Å². The monoisotopic (exact) mass is 283 g/mol. The van der Waals surface area contributed by atoms with Gasteiger partial charge in [-0.05, 0) is 31.7 Å². The van der Waals surface area contributed by atoms with Crippen molar-refractivity contribution in [3.63, 3.8) is 0 Å². The molecule has 0 aromatic heterocycles. The maximum Gasteiger partial charge on any atom is 0.320 e. The van der Waals surface area contributed by atoms with E-state index in [1.54, 1.807) is 18.8 Å². The Bertz CT molecular complexity index is 452. The molecule has 1 aromatic carbocycles.